The highest BCUT2D eigenvalue weighted by Crippen LogP contribution is 2.22. The molecular weight excluding hydrogens is 542 g/mol. The van der Waals surface area contributed by atoms with Crippen LogP contribution in [0.2, 0.25) is 0 Å². The van der Waals surface area contributed by atoms with E-state index in [4.69, 9.17) is 0 Å². The van der Waals surface area contributed by atoms with Gasteiger partial charge in [0, 0.05) is 30.0 Å². The van der Waals surface area contributed by atoms with E-state index < -0.39 is 16.1 Å². The van der Waals surface area contributed by atoms with E-state index in [-0.39, 0.29) is 30.8 Å². The summed E-state index contributed by atoms with van der Waals surface area (Å²) < 4.78 is 27.2. The lowest BCUT2D eigenvalue weighted by atomic mass is 10.1. The van der Waals surface area contributed by atoms with Crippen molar-refractivity contribution in [3.05, 3.63) is 64.1 Å². The van der Waals surface area contributed by atoms with E-state index in [1.165, 1.54) is 10.6 Å². The normalized spacial score (nSPS) is 14.9. The van der Waals surface area contributed by atoms with Crippen molar-refractivity contribution in [3.8, 4) is 0 Å². The minimum absolute atomic E-state index is 0.132. The average molecular weight is 579 g/mol. The molecule has 0 heterocycles. The van der Waals surface area contributed by atoms with Crippen molar-refractivity contribution in [1.82, 2.24) is 10.2 Å². The number of carbonyl (C=O) groups excluding carboxylic acids is 2. The van der Waals surface area contributed by atoms with Crippen LogP contribution in [0, 0.1) is 6.92 Å². The highest BCUT2D eigenvalue weighted by Gasteiger charge is 2.28. The molecule has 0 bridgehead atoms. The molecule has 0 unspecified atom stereocenters. The predicted molar refractivity (Wildman–Crippen MR) is 147 cm³/mol. The van der Waals surface area contributed by atoms with Crippen molar-refractivity contribution < 1.29 is 18.0 Å². The smallest absolute Gasteiger partial charge is 0.242 e. The number of rotatable bonds is 11. The number of sulfonamides is 1. The molecule has 9 heteroatoms. The van der Waals surface area contributed by atoms with E-state index in [1.807, 2.05) is 49.4 Å². The lowest BCUT2D eigenvalue weighted by Gasteiger charge is -2.30. The monoisotopic (exact) mass is 577 g/mol. The third kappa shape index (κ3) is 8.06. The van der Waals surface area contributed by atoms with Crippen LogP contribution in [0.5, 0.6) is 0 Å². The van der Waals surface area contributed by atoms with Gasteiger partial charge < -0.3 is 10.2 Å². The Morgan fingerprint density at radius 1 is 1.11 bits per heavy atom. The Hall–Kier alpha value is -2.39. The Morgan fingerprint density at radius 2 is 1.81 bits per heavy atom. The van der Waals surface area contributed by atoms with Crippen LogP contribution in [0.15, 0.2) is 53.0 Å². The Balaban J connectivity index is 1.72. The number of nitrogens with zero attached hydrogens (tertiary/aromatic N) is 2. The van der Waals surface area contributed by atoms with Gasteiger partial charge in [0.15, 0.2) is 0 Å². The highest BCUT2D eigenvalue weighted by molar-refractivity contribution is 9.10. The maximum absolute atomic E-state index is 13.4. The second-order valence-electron chi connectivity index (χ2n) is 9.60. The molecule has 1 aliphatic rings. The molecule has 1 atom stereocenters. The van der Waals surface area contributed by atoms with Crippen molar-refractivity contribution in [1.29, 1.82) is 0 Å². The van der Waals surface area contributed by atoms with Gasteiger partial charge in [-0.15, -0.1) is 0 Å². The number of halogens is 1. The Kier molecular flexibility index (Phi) is 9.96. The lowest BCUT2D eigenvalue weighted by Crippen LogP contribution is -2.49. The van der Waals surface area contributed by atoms with Crippen LogP contribution in [0.3, 0.4) is 0 Å². The van der Waals surface area contributed by atoms with Crippen molar-refractivity contribution >= 4 is 43.5 Å². The molecule has 0 spiro atoms. The van der Waals surface area contributed by atoms with Crippen LogP contribution in [0.4, 0.5) is 5.69 Å². The van der Waals surface area contributed by atoms with Crippen molar-refractivity contribution in [2.45, 2.75) is 71.0 Å². The molecule has 1 fully saturated rings. The maximum Gasteiger partial charge on any atom is 0.242 e. The zero-order valence-corrected chi connectivity index (χ0v) is 23.6. The van der Waals surface area contributed by atoms with E-state index in [1.54, 1.807) is 17.9 Å². The minimum Gasteiger partial charge on any atom is -0.352 e. The molecule has 2 amide bonds. The second-order valence-corrected chi connectivity index (χ2v) is 12.4. The first-order chi connectivity index (χ1) is 17.0. The Bertz CT molecular complexity index is 1170. The average Bonchev–Trinajstić information content (AvgIpc) is 3.32. The van der Waals surface area contributed by atoms with Gasteiger partial charge in [0.05, 0.1) is 11.9 Å². The fourth-order valence-corrected chi connectivity index (χ4v) is 6.00. The molecule has 0 radical (unpaired) electrons. The molecule has 1 aliphatic carbocycles. The number of hydrogen-bond donors (Lipinski definition) is 1. The fraction of sp³-hybridized carbons (Fsp3) is 0.481. The third-order valence-corrected chi connectivity index (χ3v) is 8.24. The van der Waals surface area contributed by atoms with Crippen molar-refractivity contribution in [2.75, 3.05) is 17.1 Å². The summed E-state index contributed by atoms with van der Waals surface area (Å²) in [5.41, 5.74) is 2.45. The summed E-state index contributed by atoms with van der Waals surface area (Å²) in [4.78, 5) is 28.0. The number of aryl methyl sites for hydroxylation is 1. The SMILES string of the molecule is Cc1cccc(N(CCCC(=O)N(Cc2cccc(Br)c2)[C@H](C)C(=O)NC2CCCC2)S(C)(=O)=O)c1. The molecule has 1 saturated carbocycles. The summed E-state index contributed by atoms with van der Waals surface area (Å²) in [6.07, 6.45) is 5.80. The van der Waals surface area contributed by atoms with Crippen LogP contribution in [0.25, 0.3) is 0 Å². The number of hydrogen-bond acceptors (Lipinski definition) is 4. The highest BCUT2D eigenvalue weighted by atomic mass is 79.9. The number of amides is 2. The van der Waals surface area contributed by atoms with Crippen LogP contribution in [-0.4, -0.2) is 50.0 Å². The van der Waals surface area contributed by atoms with Gasteiger partial charge in [-0.1, -0.05) is 53.0 Å². The first-order valence-electron chi connectivity index (χ1n) is 12.4. The zero-order valence-electron chi connectivity index (χ0n) is 21.2. The third-order valence-electron chi connectivity index (χ3n) is 6.55. The van der Waals surface area contributed by atoms with Crippen LogP contribution >= 0.6 is 15.9 Å². The molecule has 36 heavy (non-hydrogen) atoms. The van der Waals surface area contributed by atoms with Gasteiger partial charge in [0.1, 0.15) is 6.04 Å². The molecule has 3 rings (SSSR count). The van der Waals surface area contributed by atoms with Crippen LogP contribution in [0.1, 0.15) is 56.6 Å². The summed E-state index contributed by atoms with van der Waals surface area (Å²) in [5, 5.41) is 3.10. The summed E-state index contributed by atoms with van der Waals surface area (Å²) in [5.74, 6) is -0.329. The number of nitrogens with one attached hydrogen (secondary N) is 1. The van der Waals surface area contributed by atoms with E-state index in [2.05, 4.69) is 21.2 Å². The van der Waals surface area contributed by atoms with Gasteiger partial charge in [0.2, 0.25) is 21.8 Å². The second kappa shape index (κ2) is 12.7. The summed E-state index contributed by atoms with van der Waals surface area (Å²) >= 11 is 3.47. The van der Waals surface area contributed by atoms with Gasteiger partial charge in [0.25, 0.3) is 0 Å². The molecule has 1 N–H and O–H groups in total. The van der Waals surface area contributed by atoms with Crippen LogP contribution in [-0.2, 0) is 26.2 Å². The van der Waals surface area contributed by atoms with Gasteiger partial charge >= 0.3 is 0 Å². The molecule has 7 nitrogen and oxygen atoms in total. The molecule has 2 aromatic carbocycles. The summed E-state index contributed by atoms with van der Waals surface area (Å²) in [7, 11) is -3.51. The predicted octanol–water partition coefficient (Wildman–Crippen LogP) is 4.78. The molecule has 196 valence electrons. The quantitative estimate of drug-likeness (QED) is 0.416. The minimum atomic E-state index is -3.51. The molecule has 0 saturated heterocycles. The van der Waals surface area contributed by atoms with Gasteiger partial charge in [-0.3, -0.25) is 13.9 Å². The van der Waals surface area contributed by atoms with Gasteiger partial charge in [-0.25, -0.2) is 8.42 Å². The first kappa shape index (κ1) is 28.2. The van der Waals surface area contributed by atoms with Crippen LogP contribution < -0.4 is 9.62 Å². The number of anilines is 1. The van der Waals surface area contributed by atoms with Crippen molar-refractivity contribution in [3.63, 3.8) is 0 Å². The van der Waals surface area contributed by atoms with E-state index >= 15 is 0 Å². The maximum atomic E-state index is 13.4. The largest absolute Gasteiger partial charge is 0.352 e. The number of carbonyl (C=O) groups is 2. The van der Waals surface area contributed by atoms with Gasteiger partial charge in [-0.05, 0) is 68.5 Å². The first-order valence-corrected chi connectivity index (χ1v) is 15.1. The standard InChI is InChI=1S/C27H36BrN3O4S/c1-20-9-6-14-25(17-20)31(36(3,34)35)16-8-15-26(32)30(19-22-10-7-11-23(28)18-22)21(2)27(33)29-24-12-4-5-13-24/h6-7,9-11,14,17-18,21,24H,4-5,8,12-13,15-16,19H2,1-3H3,(H,29,33)/t21-/m1/s1. The Morgan fingerprint density at radius 3 is 2.44 bits per heavy atom. The van der Waals surface area contributed by atoms with Gasteiger partial charge in [-0.2, -0.15) is 0 Å². The molecule has 0 aromatic heterocycles. The number of benzene rings is 2. The van der Waals surface area contributed by atoms with E-state index in [0.717, 1.165) is 41.3 Å². The van der Waals surface area contributed by atoms with Crippen molar-refractivity contribution in [2.24, 2.45) is 0 Å². The summed E-state index contributed by atoms with van der Waals surface area (Å²) in [6.45, 7) is 4.15. The topological polar surface area (TPSA) is 86.8 Å². The summed E-state index contributed by atoms with van der Waals surface area (Å²) in [6, 6.07) is 14.5. The van der Waals surface area contributed by atoms with E-state index in [0.29, 0.717) is 18.7 Å². The van der Waals surface area contributed by atoms with E-state index in [9.17, 15) is 18.0 Å². The molecular formula is C27H36BrN3O4S. The molecule has 0 aliphatic heterocycles. The fourth-order valence-electron chi connectivity index (χ4n) is 4.59. The molecule has 2 aromatic rings. The Labute approximate surface area is 223 Å². The lowest BCUT2D eigenvalue weighted by molar-refractivity contribution is -0.141. The zero-order chi connectivity index (χ0) is 26.3.